The number of hydrogen-bond donors (Lipinski definition) is 0. The van der Waals surface area contributed by atoms with E-state index >= 15 is 0 Å². The van der Waals surface area contributed by atoms with E-state index in [1.807, 2.05) is 12.1 Å². The molecule has 0 fully saturated rings. The Labute approximate surface area is 155 Å². The summed E-state index contributed by atoms with van der Waals surface area (Å²) in [7, 11) is 1.79. The minimum absolute atomic E-state index is 0. The third kappa shape index (κ3) is 4.38. The summed E-state index contributed by atoms with van der Waals surface area (Å²) >= 11 is 12.4. The molecule has 0 amide bonds. The van der Waals surface area contributed by atoms with Crippen LogP contribution in [0, 0.1) is 0 Å². The molecule has 2 aromatic carbocycles. The maximum atomic E-state index is 10.8. The van der Waals surface area contributed by atoms with Crippen molar-refractivity contribution in [3.05, 3.63) is 58.1 Å². The molecule has 0 spiro atoms. The third-order valence-corrected chi connectivity index (χ3v) is 3.57. The van der Waals surface area contributed by atoms with Gasteiger partial charge in [-0.1, -0.05) is 47.5 Å². The molecule has 0 saturated carbocycles. The van der Waals surface area contributed by atoms with Crippen molar-refractivity contribution in [1.29, 1.82) is 0 Å². The number of carboxylic acids is 1. The Bertz CT molecular complexity index is 629. The number of halogens is 2. The number of carbonyl (C=O) groups excluding carboxylic acids is 1. The van der Waals surface area contributed by atoms with Crippen LogP contribution in [0.2, 0.25) is 10.0 Å². The normalized spacial score (nSPS) is 9.86. The second kappa shape index (κ2) is 8.06. The molecule has 3 nitrogen and oxygen atoms in total. The molecular weight excluding hydrogens is 320 g/mol. The molecule has 0 aromatic heterocycles. The molecule has 0 aliphatic carbocycles. The van der Waals surface area contributed by atoms with Gasteiger partial charge in [-0.05, 0) is 23.8 Å². The van der Waals surface area contributed by atoms with Gasteiger partial charge in [-0.25, -0.2) is 0 Å². The third-order valence-electron chi connectivity index (χ3n) is 2.96. The molecule has 2 aromatic rings. The maximum absolute atomic E-state index is 10.8. The molecule has 0 aliphatic heterocycles. The molecule has 6 heteroatoms. The fourth-order valence-electron chi connectivity index (χ4n) is 2.07. The first kappa shape index (κ1) is 18.3. The van der Waals surface area contributed by atoms with Gasteiger partial charge < -0.3 is 14.8 Å². The van der Waals surface area contributed by atoms with Crippen molar-refractivity contribution in [2.24, 2.45) is 0 Å². The molecule has 0 N–H and O–H groups in total. The van der Waals surface area contributed by atoms with Crippen molar-refractivity contribution in [2.45, 2.75) is 6.42 Å². The first-order valence-corrected chi connectivity index (χ1v) is 6.72. The number of para-hydroxylation sites is 2. The average molecular weight is 332 g/mol. The summed E-state index contributed by atoms with van der Waals surface area (Å²) < 4.78 is 0. The van der Waals surface area contributed by atoms with E-state index in [1.165, 1.54) is 0 Å². The standard InChI is InChI=1S/C15H13Cl2NO2.Na/c1-18(15-11(16)6-4-7-12(15)17)13-8-3-2-5-10(13)9-14(19)20;/h2-8H,9H2,1H3,(H,19,20);/q;+1/p-1. The summed E-state index contributed by atoms with van der Waals surface area (Å²) in [5.41, 5.74) is 2.01. The molecule has 21 heavy (non-hydrogen) atoms. The van der Waals surface area contributed by atoms with Gasteiger partial charge in [-0.15, -0.1) is 0 Å². The van der Waals surface area contributed by atoms with Crippen LogP contribution < -0.4 is 39.6 Å². The van der Waals surface area contributed by atoms with Crippen molar-refractivity contribution in [2.75, 3.05) is 11.9 Å². The molecule has 0 radical (unpaired) electrons. The predicted octanol–water partition coefficient (Wildman–Crippen LogP) is 0.0577. The first-order chi connectivity index (χ1) is 9.50. The fraction of sp³-hybridized carbons (Fsp3) is 0.133. The Morgan fingerprint density at radius 1 is 1.10 bits per heavy atom. The average Bonchev–Trinajstić information content (AvgIpc) is 2.38. The zero-order valence-electron chi connectivity index (χ0n) is 11.8. The zero-order chi connectivity index (χ0) is 14.7. The summed E-state index contributed by atoms with van der Waals surface area (Å²) in [6.45, 7) is 0. The molecule has 0 saturated heterocycles. The van der Waals surface area contributed by atoms with Gasteiger partial charge in [0, 0.05) is 25.1 Å². The molecule has 0 atom stereocenters. The minimum atomic E-state index is -1.13. The molecule has 104 valence electrons. The molecule has 0 bridgehead atoms. The van der Waals surface area contributed by atoms with E-state index in [9.17, 15) is 9.90 Å². The smallest absolute Gasteiger partial charge is 0.550 e. The zero-order valence-corrected chi connectivity index (χ0v) is 15.3. The van der Waals surface area contributed by atoms with Gasteiger partial charge in [0.15, 0.2) is 0 Å². The number of hydrogen-bond acceptors (Lipinski definition) is 3. The Morgan fingerprint density at radius 2 is 1.67 bits per heavy atom. The summed E-state index contributed by atoms with van der Waals surface area (Å²) in [6, 6.07) is 12.4. The van der Waals surface area contributed by atoms with Gasteiger partial charge in [0.25, 0.3) is 0 Å². The van der Waals surface area contributed by atoms with Crippen molar-refractivity contribution in [3.8, 4) is 0 Å². The van der Waals surface area contributed by atoms with Gasteiger partial charge in [-0.3, -0.25) is 0 Å². The molecular formula is C15H12Cl2NNaO2. The van der Waals surface area contributed by atoms with E-state index in [0.29, 0.717) is 21.3 Å². The Morgan fingerprint density at radius 3 is 2.24 bits per heavy atom. The summed E-state index contributed by atoms with van der Waals surface area (Å²) in [4.78, 5) is 12.6. The second-order valence-corrected chi connectivity index (χ2v) is 5.12. The Hall–Kier alpha value is -0.710. The van der Waals surface area contributed by atoms with E-state index in [1.54, 1.807) is 42.3 Å². The van der Waals surface area contributed by atoms with Crippen LogP contribution in [0.3, 0.4) is 0 Å². The second-order valence-electron chi connectivity index (χ2n) is 4.31. The van der Waals surface area contributed by atoms with E-state index < -0.39 is 5.97 Å². The summed E-state index contributed by atoms with van der Waals surface area (Å²) in [5, 5.41) is 11.8. The van der Waals surface area contributed by atoms with Crippen molar-refractivity contribution in [1.82, 2.24) is 0 Å². The molecule has 0 aliphatic rings. The van der Waals surface area contributed by atoms with Crippen LogP contribution in [0.25, 0.3) is 0 Å². The number of carboxylic acid groups (broad SMARTS) is 1. The monoisotopic (exact) mass is 331 g/mol. The van der Waals surface area contributed by atoms with Crippen LogP contribution in [0.1, 0.15) is 5.56 Å². The van der Waals surface area contributed by atoms with Gasteiger partial charge in [0.2, 0.25) is 0 Å². The number of benzene rings is 2. The van der Waals surface area contributed by atoms with Crippen LogP contribution in [0.4, 0.5) is 11.4 Å². The summed E-state index contributed by atoms with van der Waals surface area (Å²) in [6.07, 6.45) is -0.164. The predicted molar refractivity (Wildman–Crippen MR) is 79.7 cm³/mol. The van der Waals surface area contributed by atoms with Gasteiger partial charge in [0.05, 0.1) is 15.7 Å². The SMILES string of the molecule is CN(c1ccccc1CC(=O)[O-])c1c(Cl)cccc1Cl.[Na+]. The number of rotatable bonds is 4. The van der Waals surface area contributed by atoms with Crippen molar-refractivity contribution < 1.29 is 39.5 Å². The van der Waals surface area contributed by atoms with Crippen molar-refractivity contribution in [3.63, 3.8) is 0 Å². The van der Waals surface area contributed by atoms with E-state index in [4.69, 9.17) is 23.2 Å². The summed E-state index contributed by atoms with van der Waals surface area (Å²) in [5.74, 6) is -1.13. The van der Waals surface area contributed by atoms with Gasteiger partial charge >= 0.3 is 29.6 Å². The maximum Gasteiger partial charge on any atom is 1.00 e. The number of carbonyl (C=O) groups is 1. The van der Waals surface area contributed by atoms with Gasteiger partial charge in [0.1, 0.15) is 0 Å². The van der Waals surface area contributed by atoms with Crippen LogP contribution in [0.15, 0.2) is 42.5 Å². The molecule has 0 heterocycles. The topological polar surface area (TPSA) is 43.4 Å². The fourth-order valence-corrected chi connectivity index (χ4v) is 2.72. The van der Waals surface area contributed by atoms with E-state index in [0.717, 1.165) is 5.69 Å². The van der Waals surface area contributed by atoms with Crippen LogP contribution in [-0.4, -0.2) is 13.0 Å². The Balaban J connectivity index is 0.00000220. The van der Waals surface area contributed by atoms with Crippen LogP contribution in [-0.2, 0) is 11.2 Å². The quantitative estimate of drug-likeness (QED) is 0.744. The first-order valence-electron chi connectivity index (χ1n) is 5.96. The van der Waals surface area contributed by atoms with E-state index in [-0.39, 0.29) is 36.0 Å². The molecule has 2 rings (SSSR count). The van der Waals surface area contributed by atoms with Crippen molar-refractivity contribution >= 4 is 40.5 Å². The molecule has 0 unspecified atom stereocenters. The van der Waals surface area contributed by atoms with Crippen LogP contribution in [0.5, 0.6) is 0 Å². The minimum Gasteiger partial charge on any atom is -0.550 e. The van der Waals surface area contributed by atoms with E-state index in [2.05, 4.69) is 0 Å². The number of nitrogens with zero attached hydrogens (tertiary/aromatic N) is 1. The van der Waals surface area contributed by atoms with Crippen LogP contribution >= 0.6 is 23.2 Å². The number of anilines is 2. The Kier molecular flexibility index (Phi) is 7.04. The van der Waals surface area contributed by atoms with Gasteiger partial charge in [-0.2, -0.15) is 0 Å². The number of aliphatic carboxylic acids is 1. The largest absolute Gasteiger partial charge is 1.00 e.